The average Bonchev–Trinajstić information content (AvgIpc) is 2.92. The third-order valence-electron chi connectivity index (χ3n) is 5.69. The molecule has 0 aliphatic carbocycles. The summed E-state index contributed by atoms with van der Waals surface area (Å²) in [6.07, 6.45) is 0. The number of nitrogens with one attached hydrogen (secondary N) is 1. The lowest BCUT2D eigenvalue weighted by Gasteiger charge is -2.31. The third-order valence-corrected chi connectivity index (χ3v) is 6.00. The minimum atomic E-state index is -0.850. The van der Waals surface area contributed by atoms with E-state index in [1.54, 1.807) is 29.2 Å². The molecular weight excluding hydrogens is 472 g/mol. The molecule has 2 amide bonds. The number of rotatable bonds is 10. The number of ether oxygens (including phenoxy) is 1. The van der Waals surface area contributed by atoms with Crippen LogP contribution in [-0.2, 0) is 22.7 Å². The molecule has 4 rings (SSSR count). The van der Waals surface area contributed by atoms with Crippen molar-refractivity contribution in [3.63, 3.8) is 0 Å². The van der Waals surface area contributed by atoms with Crippen molar-refractivity contribution in [3.05, 3.63) is 137 Å². The minimum Gasteiger partial charge on any atom is -0.482 e. The summed E-state index contributed by atoms with van der Waals surface area (Å²) in [7, 11) is 0. The second-order valence-electron chi connectivity index (χ2n) is 8.24. The molecule has 0 saturated carbocycles. The zero-order valence-corrected chi connectivity index (χ0v) is 20.5. The van der Waals surface area contributed by atoms with Crippen LogP contribution >= 0.6 is 11.6 Å². The van der Waals surface area contributed by atoms with E-state index in [9.17, 15) is 9.59 Å². The van der Waals surface area contributed by atoms with Crippen LogP contribution in [-0.4, -0.2) is 23.3 Å². The Bertz CT molecular complexity index is 1270. The van der Waals surface area contributed by atoms with Crippen molar-refractivity contribution in [2.45, 2.75) is 19.1 Å². The van der Waals surface area contributed by atoms with E-state index in [0.717, 1.165) is 11.1 Å². The number of amides is 2. The Kier molecular flexibility index (Phi) is 8.73. The summed E-state index contributed by atoms with van der Waals surface area (Å²) in [6, 6.07) is 34.7. The number of carbonyl (C=O) groups excluding carboxylic acids is 2. The predicted molar refractivity (Wildman–Crippen MR) is 141 cm³/mol. The fraction of sp³-hybridized carbons (Fsp3) is 0.133. The van der Waals surface area contributed by atoms with E-state index in [2.05, 4.69) is 5.32 Å². The van der Waals surface area contributed by atoms with E-state index >= 15 is 0 Å². The van der Waals surface area contributed by atoms with Crippen LogP contribution in [0.2, 0.25) is 5.02 Å². The van der Waals surface area contributed by atoms with Crippen molar-refractivity contribution in [3.8, 4) is 5.75 Å². The van der Waals surface area contributed by atoms with Gasteiger partial charge in [-0.3, -0.25) is 9.59 Å². The quantitative estimate of drug-likeness (QED) is 0.300. The molecule has 182 valence electrons. The van der Waals surface area contributed by atoms with Crippen LogP contribution in [0.1, 0.15) is 22.7 Å². The number of halogens is 1. The molecule has 0 bridgehead atoms. The van der Waals surface area contributed by atoms with Gasteiger partial charge in [-0.1, -0.05) is 115 Å². The molecular formula is C30H27ClN2O3. The molecule has 4 aromatic carbocycles. The Balaban J connectivity index is 1.62. The summed E-state index contributed by atoms with van der Waals surface area (Å²) >= 11 is 6.21. The van der Waals surface area contributed by atoms with Gasteiger partial charge < -0.3 is 15.0 Å². The standard InChI is InChI=1S/C30H27ClN2O3/c31-26-18-10-11-19-27(26)36-22-28(34)33(21-24-14-6-2-7-15-24)29(25-16-8-3-9-17-25)30(35)32-20-23-12-4-1-5-13-23/h1-19,29H,20-22H2,(H,32,35)/t29-/m1/s1. The maximum Gasteiger partial charge on any atom is 0.261 e. The fourth-order valence-corrected chi connectivity index (χ4v) is 4.07. The maximum atomic E-state index is 13.6. The van der Waals surface area contributed by atoms with Crippen LogP contribution in [0.4, 0.5) is 0 Å². The molecule has 0 aliphatic heterocycles. The molecule has 0 saturated heterocycles. The largest absolute Gasteiger partial charge is 0.482 e. The van der Waals surface area contributed by atoms with Crippen molar-refractivity contribution in [1.82, 2.24) is 10.2 Å². The van der Waals surface area contributed by atoms with Crippen molar-refractivity contribution in [1.29, 1.82) is 0 Å². The summed E-state index contributed by atoms with van der Waals surface area (Å²) < 4.78 is 5.76. The molecule has 36 heavy (non-hydrogen) atoms. The van der Waals surface area contributed by atoms with Crippen LogP contribution < -0.4 is 10.1 Å². The van der Waals surface area contributed by atoms with Crippen molar-refractivity contribution >= 4 is 23.4 Å². The zero-order valence-electron chi connectivity index (χ0n) is 19.7. The summed E-state index contributed by atoms with van der Waals surface area (Å²) in [4.78, 5) is 28.8. The van der Waals surface area contributed by atoms with Crippen LogP contribution in [0.15, 0.2) is 115 Å². The first-order valence-electron chi connectivity index (χ1n) is 11.7. The topological polar surface area (TPSA) is 58.6 Å². The molecule has 0 fully saturated rings. The van der Waals surface area contributed by atoms with Gasteiger partial charge in [-0.05, 0) is 28.8 Å². The minimum absolute atomic E-state index is 0.240. The predicted octanol–water partition coefficient (Wildman–Crippen LogP) is 5.81. The molecule has 0 unspecified atom stereocenters. The van der Waals surface area contributed by atoms with Gasteiger partial charge in [0.15, 0.2) is 6.61 Å². The maximum absolute atomic E-state index is 13.6. The Morgan fingerprint density at radius 3 is 1.94 bits per heavy atom. The van der Waals surface area contributed by atoms with E-state index in [0.29, 0.717) is 22.9 Å². The molecule has 6 heteroatoms. The fourth-order valence-electron chi connectivity index (χ4n) is 3.88. The van der Waals surface area contributed by atoms with Gasteiger partial charge in [0.25, 0.3) is 5.91 Å². The van der Waals surface area contributed by atoms with Crippen molar-refractivity contribution < 1.29 is 14.3 Å². The number of hydrogen-bond acceptors (Lipinski definition) is 3. The molecule has 0 spiro atoms. The summed E-state index contributed by atoms with van der Waals surface area (Å²) in [5, 5.41) is 3.42. The van der Waals surface area contributed by atoms with Gasteiger partial charge >= 0.3 is 0 Å². The van der Waals surface area contributed by atoms with Crippen molar-refractivity contribution in [2.75, 3.05) is 6.61 Å². The first-order chi connectivity index (χ1) is 17.6. The Morgan fingerprint density at radius 1 is 0.750 bits per heavy atom. The first-order valence-corrected chi connectivity index (χ1v) is 12.1. The molecule has 0 aliphatic rings. The molecule has 0 heterocycles. The number of carbonyl (C=O) groups is 2. The number of nitrogens with zero attached hydrogens (tertiary/aromatic N) is 1. The van der Waals surface area contributed by atoms with Crippen LogP contribution in [0.3, 0.4) is 0 Å². The Hall–Kier alpha value is -4.09. The molecule has 0 aromatic heterocycles. The second-order valence-corrected chi connectivity index (χ2v) is 8.65. The Labute approximate surface area is 216 Å². The first kappa shape index (κ1) is 25.0. The van der Waals surface area contributed by atoms with Crippen LogP contribution in [0.5, 0.6) is 5.75 Å². The van der Waals surface area contributed by atoms with Gasteiger partial charge in [-0.15, -0.1) is 0 Å². The molecule has 1 atom stereocenters. The zero-order chi connectivity index (χ0) is 25.2. The van der Waals surface area contributed by atoms with E-state index in [-0.39, 0.29) is 25.0 Å². The average molecular weight is 499 g/mol. The normalized spacial score (nSPS) is 11.4. The Morgan fingerprint density at radius 2 is 1.31 bits per heavy atom. The highest BCUT2D eigenvalue weighted by molar-refractivity contribution is 6.32. The summed E-state index contributed by atoms with van der Waals surface area (Å²) in [6.45, 7) is 0.336. The molecule has 1 N–H and O–H groups in total. The van der Waals surface area contributed by atoms with Gasteiger partial charge in [0, 0.05) is 13.1 Å². The van der Waals surface area contributed by atoms with Crippen molar-refractivity contribution in [2.24, 2.45) is 0 Å². The van der Waals surface area contributed by atoms with E-state index in [4.69, 9.17) is 16.3 Å². The third kappa shape index (κ3) is 6.74. The lowest BCUT2D eigenvalue weighted by molar-refractivity contribution is -0.143. The monoisotopic (exact) mass is 498 g/mol. The van der Waals surface area contributed by atoms with Gasteiger partial charge in [0.05, 0.1) is 5.02 Å². The molecule has 0 radical (unpaired) electrons. The van der Waals surface area contributed by atoms with Crippen LogP contribution in [0.25, 0.3) is 0 Å². The number of para-hydroxylation sites is 1. The molecule has 4 aromatic rings. The van der Waals surface area contributed by atoms with Gasteiger partial charge in [-0.25, -0.2) is 0 Å². The van der Waals surface area contributed by atoms with E-state index < -0.39 is 6.04 Å². The second kappa shape index (κ2) is 12.6. The lowest BCUT2D eigenvalue weighted by Crippen LogP contribution is -2.45. The van der Waals surface area contributed by atoms with Crippen LogP contribution in [0, 0.1) is 0 Å². The van der Waals surface area contributed by atoms with Gasteiger partial charge in [0.2, 0.25) is 5.91 Å². The highest BCUT2D eigenvalue weighted by atomic mass is 35.5. The smallest absolute Gasteiger partial charge is 0.261 e. The highest BCUT2D eigenvalue weighted by Gasteiger charge is 2.31. The van der Waals surface area contributed by atoms with E-state index in [1.165, 1.54) is 0 Å². The van der Waals surface area contributed by atoms with Gasteiger partial charge in [0.1, 0.15) is 11.8 Å². The van der Waals surface area contributed by atoms with E-state index in [1.807, 2.05) is 91.0 Å². The summed E-state index contributed by atoms with van der Waals surface area (Å²) in [5.74, 6) is -0.188. The lowest BCUT2D eigenvalue weighted by atomic mass is 10.0. The number of hydrogen-bond donors (Lipinski definition) is 1. The highest BCUT2D eigenvalue weighted by Crippen LogP contribution is 2.26. The number of benzene rings is 4. The summed E-state index contributed by atoms with van der Waals surface area (Å²) in [5.41, 5.74) is 2.59. The van der Waals surface area contributed by atoms with Gasteiger partial charge in [-0.2, -0.15) is 0 Å². The SMILES string of the molecule is O=C(NCc1ccccc1)[C@@H](c1ccccc1)N(Cc1ccccc1)C(=O)COc1ccccc1Cl. The molecule has 5 nitrogen and oxygen atoms in total.